The Hall–Kier alpha value is -2.29. The van der Waals surface area contributed by atoms with Crippen LogP contribution >= 0.6 is 0 Å². The summed E-state index contributed by atoms with van der Waals surface area (Å²) in [4.78, 5) is 39.5. The lowest BCUT2D eigenvalue weighted by Crippen LogP contribution is -2.54. The highest BCUT2D eigenvalue weighted by molar-refractivity contribution is 5.94. The van der Waals surface area contributed by atoms with Crippen molar-refractivity contribution in [1.29, 1.82) is 0 Å². The van der Waals surface area contributed by atoms with Crippen LogP contribution in [0.4, 0.5) is 9.59 Å². The molecule has 0 aromatic rings. The van der Waals surface area contributed by atoms with Gasteiger partial charge in [-0.05, 0) is 20.8 Å². The van der Waals surface area contributed by atoms with Gasteiger partial charge in [0.1, 0.15) is 0 Å². The lowest BCUT2D eigenvalue weighted by Gasteiger charge is -2.36. The van der Waals surface area contributed by atoms with Gasteiger partial charge in [0, 0.05) is 38.4 Å². The molecule has 140 valence electrons. The molecule has 0 spiro atoms. The molecule has 2 heterocycles. The molecule has 2 rings (SSSR count). The summed E-state index contributed by atoms with van der Waals surface area (Å²) in [6.45, 7) is 8.68. The zero-order valence-electron chi connectivity index (χ0n) is 15.0. The SMILES string of the molecule is CCOC(=O)C1=C(CN2CCN(C(=O)OCC)CC2)NC(=O)N[C@@H]1C. The van der Waals surface area contributed by atoms with Gasteiger partial charge in [-0.15, -0.1) is 0 Å². The molecule has 1 saturated heterocycles. The van der Waals surface area contributed by atoms with Gasteiger partial charge in [-0.2, -0.15) is 0 Å². The molecular weight excluding hydrogens is 328 g/mol. The van der Waals surface area contributed by atoms with Gasteiger partial charge in [-0.25, -0.2) is 14.4 Å². The van der Waals surface area contributed by atoms with Crippen LogP contribution < -0.4 is 10.6 Å². The third kappa shape index (κ3) is 4.85. The van der Waals surface area contributed by atoms with E-state index in [9.17, 15) is 14.4 Å². The van der Waals surface area contributed by atoms with Crippen LogP contribution in [0.3, 0.4) is 0 Å². The van der Waals surface area contributed by atoms with Gasteiger partial charge >= 0.3 is 18.1 Å². The molecule has 9 heteroatoms. The lowest BCUT2D eigenvalue weighted by molar-refractivity contribution is -0.139. The van der Waals surface area contributed by atoms with E-state index in [4.69, 9.17) is 9.47 Å². The number of rotatable bonds is 5. The van der Waals surface area contributed by atoms with E-state index in [2.05, 4.69) is 15.5 Å². The highest BCUT2D eigenvalue weighted by Gasteiger charge is 2.31. The summed E-state index contributed by atoms with van der Waals surface area (Å²) < 4.78 is 10.1. The Morgan fingerprint density at radius 2 is 1.76 bits per heavy atom. The van der Waals surface area contributed by atoms with Gasteiger partial charge in [-0.3, -0.25) is 4.90 Å². The van der Waals surface area contributed by atoms with Gasteiger partial charge in [-0.1, -0.05) is 0 Å². The van der Waals surface area contributed by atoms with Crippen molar-refractivity contribution >= 4 is 18.1 Å². The van der Waals surface area contributed by atoms with Gasteiger partial charge < -0.3 is 25.0 Å². The predicted octanol–water partition coefficient (Wildman–Crippen LogP) is 0.279. The molecule has 2 aliphatic rings. The number of hydrogen-bond acceptors (Lipinski definition) is 6. The molecule has 0 saturated carbocycles. The van der Waals surface area contributed by atoms with E-state index in [-0.39, 0.29) is 18.7 Å². The normalized spacial score (nSPS) is 21.5. The molecule has 2 N–H and O–H groups in total. The summed E-state index contributed by atoms with van der Waals surface area (Å²) in [6.07, 6.45) is -0.308. The second kappa shape index (κ2) is 8.70. The van der Waals surface area contributed by atoms with E-state index < -0.39 is 12.0 Å². The third-order valence-corrected chi connectivity index (χ3v) is 4.15. The summed E-state index contributed by atoms with van der Waals surface area (Å²) in [5.41, 5.74) is 0.994. The highest BCUT2D eigenvalue weighted by Crippen LogP contribution is 2.16. The van der Waals surface area contributed by atoms with Crippen molar-refractivity contribution in [3.8, 4) is 0 Å². The summed E-state index contributed by atoms with van der Waals surface area (Å²) >= 11 is 0. The van der Waals surface area contributed by atoms with Crippen LogP contribution in [0, 0.1) is 0 Å². The molecule has 25 heavy (non-hydrogen) atoms. The van der Waals surface area contributed by atoms with E-state index in [1.54, 1.807) is 25.7 Å². The predicted molar refractivity (Wildman–Crippen MR) is 89.8 cm³/mol. The van der Waals surface area contributed by atoms with Crippen molar-refractivity contribution < 1.29 is 23.9 Å². The maximum Gasteiger partial charge on any atom is 0.409 e. The van der Waals surface area contributed by atoms with Crippen molar-refractivity contribution in [2.45, 2.75) is 26.8 Å². The number of piperazine rings is 1. The van der Waals surface area contributed by atoms with Crippen LogP contribution in [0.15, 0.2) is 11.3 Å². The van der Waals surface area contributed by atoms with Crippen molar-refractivity contribution in [2.75, 3.05) is 45.9 Å². The number of esters is 1. The van der Waals surface area contributed by atoms with Crippen LogP contribution in [0.1, 0.15) is 20.8 Å². The topological polar surface area (TPSA) is 100 Å². The average molecular weight is 354 g/mol. The van der Waals surface area contributed by atoms with Crippen molar-refractivity contribution in [3.05, 3.63) is 11.3 Å². The molecule has 9 nitrogen and oxygen atoms in total. The van der Waals surface area contributed by atoms with Crippen molar-refractivity contribution in [1.82, 2.24) is 20.4 Å². The number of nitrogens with one attached hydrogen (secondary N) is 2. The Balaban J connectivity index is 2.03. The monoisotopic (exact) mass is 354 g/mol. The number of ether oxygens (including phenoxy) is 2. The fourth-order valence-electron chi connectivity index (χ4n) is 2.93. The Morgan fingerprint density at radius 1 is 1.12 bits per heavy atom. The molecule has 0 aliphatic carbocycles. The summed E-state index contributed by atoms with van der Waals surface area (Å²) in [6, 6.07) is -0.746. The lowest BCUT2D eigenvalue weighted by atomic mass is 10.0. The van der Waals surface area contributed by atoms with Crippen LogP contribution in [-0.4, -0.2) is 79.9 Å². The number of urea groups is 1. The van der Waals surface area contributed by atoms with E-state index in [1.807, 2.05) is 0 Å². The van der Waals surface area contributed by atoms with E-state index in [0.717, 1.165) is 0 Å². The van der Waals surface area contributed by atoms with Crippen molar-refractivity contribution in [2.24, 2.45) is 0 Å². The van der Waals surface area contributed by atoms with Gasteiger partial charge in [0.2, 0.25) is 0 Å². The zero-order chi connectivity index (χ0) is 18.4. The quantitative estimate of drug-likeness (QED) is 0.688. The summed E-state index contributed by atoms with van der Waals surface area (Å²) in [5.74, 6) is -0.428. The fourth-order valence-corrected chi connectivity index (χ4v) is 2.93. The van der Waals surface area contributed by atoms with E-state index in [0.29, 0.717) is 50.6 Å². The first kappa shape index (κ1) is 19.0. The minimum atomic E-state index is -0.428. The standard InChI is InChI=1S/C16H26N4O5/c1-4-24-14(21)13-11(3)17-15(22)18-12(13)10-19-6-8-20(9-7-19)16(23)25-5-2/h11H,4-10H2,1-3H3,(H2,17,18,22)/t11-/m1/s1. The Morgan fingerprint density at radius 3 is 2.36 bits per heavy atom. The Labute approximate surface area is 147 Å². The van der Waals surface area contributed by atoms with E-state index in [1.165, 1.54) is 0 Å². The first-order valence-corrected chi connectivity index (χ1v) is 8.58. The first-order chi connectivity index (χ1) is 12.0. The smallest absolute Gasteiger partial charge is 0.409 e. The largest absolute Gasteiger partial charge is 0.463 e. The molecule has 2 aliphatic heterocycles. The van der Waals surface area contributed by atoms with Crippen LogP contribution in [0.25, 0.3) is 0 Å². The minimum Gasteiger partial charge on any atom is -0.463 e. The molecule has 0 aromatic heterocycles. The maximum absolute atomic E-state index is 12.2. The zero-order valence-corrected chi connectivity index (χ0v) is 15.0. The van der Waals surface area contributed by atoms with Gasteiger partial charge in [0.05, 0.1) is 24.8 Å². The molecule has 0 bridgehead atoms. The average Bonchev–Trinajstić information content (AvgIpc) is 2.55. The van der Waals surface area contributed by atoms with Crippen LogP contribution in [-0.2, 0) is 14.3 Å². The summed E-state index contributed by atoms with van der Waals surface area (Å²) in [7, 11) is 0. The first-order valence-electron chi connectivity index (χ1n) is 8.58. The molecule has 1 atom stereocenters. The van der Waals surface area contributed by atoms with Crippen molar-refractivity contribution in [3.63, 3.8) is 0 Å². The van der Waals surface area contributed by atoms with Gasteiger partial charge in [0.15, 0.2) is 0 Å². The maximum atomic E-state index is 12.2. The second-order valence-corrected chi connectivity index (χ2v) is 5.89. The Bertz CT molecular complexity index is 555. The molecule has 0 unspecified atom stereocenters. The fraction of sp³-hybridized carbons (Fsp3) is 0.688. The number of carbonyl (C=O) groups excluding carboxylic acids is 3. The number of hydrogen-bond donors (Lipinski definition) is 2. The number of carbonyl (C=O) groups is 3. The molecule has 0 aromatic carbocycles. The number of nitrogens with zero attached hydrogens (tertiary/aromatic N) is 2. The summed E-state index contributed by atoms with van der Waals surface area (Å²) in [5, 5.41) is 5.39. The Kier molecular flexibility index (Phi) is 6.63. The number of amides is 3. The molecule has 0 radical (unpaired) electrons. The third-order valence-electron chi connectivity index (χ3n) is 4.15. The van der Waals surface area contributed by atoms with E-state index >= 15 is 0 Å². The van der Waals surface area contributed by atoms with Gasteiger partial charge in [0.25, 0.3) is 0 Å². The molecule has 3 amide bonds. The molecule has 1 fully saturated rings. The van der Waals surface area contributed by atoms with Crippen LogP contribution in [0.5, 0.6) is 0 Å². The van der Waals surface area contributed by atoms with Crippen LogP contribution in [0.2, 0.25) is 0 Å². The highest BCUT2D eigenvalue weighted by atomic mass is 16.6. The minimum absolute atomic E-state index is 0.272. The molecular formula is C16H26N4O5. The second-order valence-electron chi connectivity index (χ2n) is 5.89.